The lowest BCUT2D eigenvalue weighted by molar-refractivity contribution is -0.121. The van der Waals surface area contributed by atoms with E-state index in [1.54, 1.807) is 12.1 Å². The van der Waals surface area contributed by atoms with E-state index in [2.05, 4.69) is 21.2 Å². The monoisotopic (exact) mass is 376 g/mol. The number of carbonyl (C=O) groups is 1. The van der Waals surface area contributed by atoms with Crippen molar-refractivity contribution in [3.05, 3.63) is 28.7 Å². The average Bonchev–Trinajstić information content (AvgIpc) is 2.36. The highest BCUT2D eigenvalue weighted by atomic mass is 79.9. The predicted octanol–water partition coefficient (Wildman–Crippen LogP) is 2.23. The molecule has 1 amide bonds. The molecule has 1 aromatic rings. The largest absolute Gasteiger partial charge is 0.354 e. The first-order valence-electron chi connectivity index (χ1n) is 6.51. The molecular formula is C14H21BrN2O3S. The fraction of sp³-hybridized carbons (Fsp3) is 0.500. The number of amides is 1. The second kappa shape index (κ2) is 6.89. The third-order valence-corrected chi connectivity index (χ3v) is 5.05. The maximum absolute atomic E-state index is 12.3. The van der Waals surface area contributed by atoms with Crippen molar-refractivity contribution < 1.29 is 13.2 Å². The summed E-state index contributed by atoms with van der Waals surface area (Å²) in [6.07, 6.45) is 0. The van der Waals surface area contributed by atoms with E-state index in [0.29, 0.717) is 6.54 Å². The Morgan fingerprint density at radius 1 is 1.24 bits per heavy atom. The topological polar surface area (TPSA) is 66.5 Å². The van der Waals surface area contributed by atoms with Gasteiger partial charge in [-0.25, -0.2) is 8.42 Å². The number of likely N-dealkylation sites (N-methyl/N-ethyl adjacent to an activating group) is 1. The molecular weight excluding hydrogens is 356 g/mol. The molecule has 1 rings (SSSR count). The van der Waals surface area contributed by atoms with Gasteiger partial charge in [-0.2, -0.15) is 4.31 Å². The normalized spacial score (nSPS) is 12.5. The number of sulfonamides is 1. The van der Waals surface area contributed by atoms with Gasteiger partial charge in [0.1, 0.15) is 0 Å². The van der Waals surface area contributed by atoms with Gasteiger partial charge in [0.05, 0.1) is 11.4 Å². The lowest BCUT2D eigenvalue weighted by Gasteiger charge is -2.21. The lowest BCUT2D eigenvalue weighted by Crippen LogP contribution is -2.41. The molecule has 0 aromatic heterocycles. The summed E-state index contributed by atoms with van der Waals surface area (Å²) in [7, 11) is -2.26. The number of nitrogens with one attached hydrogen (secondary N) is 1. The zero-order valence-corrected chi connectivity index (χ0v) is 15.1. The van der Waals surface area contributed by atoms with E-state index in [0.717, 1.165) is 8.78 Å². The third kappa shape index (κ3) is 5.76. The Morgan fingerprint density at radius 2 is 1.76 bits per heavy atom. The molecule has 1 N–H and O–H groups in total. The quantitative estimate of drug-likeness (QED) is 0.856. The average molecular weight is 377 g/mol. The van der Waals surface area contributed by atoms with Gasteiger partial charge >= 0.3 is 0 Å². The van der Waals surface area contributed by atoms with E-state index >= 15 is 0 Å². The Balaban J connectivity index is 2.72. The standard InChI is InChI=1S/C14H21BrN2O3S/c1-14(2,3)10-16-13(18)9-17(4)21(19,20)12-7-5-11(15)6-8-12/h5-8H,9-10H2,1-4H3,(H,16,18). The maximum atomic E-state index is 12.3. The second-order valence-corrected chi connectivity index (χ2v) is 9.01. The van der Waals surface area contributed by atoms with E-state index < -0.39 is 10.0 Å². The number of hydrogen-bond donors (Lipinski definition) is 1. The minimum atomic E-state index is -3.65. The van der Waals surface area contributed by atoms with Gasteiger partial charge in [-0.05, 0) is 29.7 Å². The molecule has 0 heterocycles. The summed E-state index contributed by atoms with van der Waals surface area (Å²) >= 11 is 3.26. The van der Waals surface area contributed by atoms with E-state index in [1.807, 2.05) is 20.8 Å². The van der Waals surface area contributed by atoms with Crippen molar-refractivity contribution >= 4 is 31.9 Å². The number of rotatable bonds is 5. The molecule has 0 saturated carbocycles. The Kier molecular flexibility index (Phi) is 5.95. The first-order chi connectivity index (χ1) is 9.52. The molecule has 0 unspecified atom stereocenters. The molecule has 1 aromatic carbocycles. The summed E-state index contributed by atoms with van der Waals surface area (Å²) < 4.78 is 26.5. The van der Waals surface area contributed by atoms with Crippen molar-refractivity contribution in [2.75, 3.05) is 20.1 Å². The predicted molar refractivity (Wildman–Crippen MR) is 86.4 cm³/mol. The zero-order chi connectivity index (χ0) is 16.3. The van der Waals surface area contributed by atoms with Gasteiger partial charge in [-0.15, -0.1) is 0 Å². The number of hydrogen-bond acceptors (Lipinski definition) is 3. The Hall–Kier alpha value is -0.920. The van der Waals surface area contributed by atoms with Crippen LogP contribution in [-0.2, 0) is 14.8 Å². The molecule has 0 atom stereocenters. The first kappa shape index (κ1) is 18.1. The molecule has 0 radical (unpaired) electrons. The second-order valence-electron chi connectivity index (χ2n) is 6.05. The highest BCUT2D eigenvalue weighted by molar-refractivity contribution is 9.10. The minimum Gasteiger partial charge on any atom is -0.354 e. The van der Waals surface area contributed by atoms with Crippen LogP contribution < -0.4 is 5.32 Å². The Morgan fingerprint density at radius 3 is 2.24 bits per heavy atom. The van der Waals surface area contributed by atoms with Gasteiger partial charge in [-0.1, -0.05) is 36.7 Å². The lowest BCUT2D eigenvalue weighted by atomic mass is 9.97. The van der Waals surface area contributed by atoms with Crippen LogP contribution in [0, 0.1) is 5.41 Å². The van der Waals surface area contributed by atoms with Crippen LogP contribution in [0.4, 0.5) is 0 Å². The zero-order valence-electron chi connectivity index (χ0n) is 12.7. The van der Waals surface area contributed by atoms with E-state index in [4.69, 9.17) is 0 Å². The summed E-state index contributed by atoms with van der Waals surface area (Å²) in [6, 6.07) is 6.31. The van der Waals surface area contributed by atoms with Crippen molar-refractivity contribution in [2.24, 2.45) is 5.41 Å². The van der Waals surface area contributed by atoms with Gasteiger partial charge < -0.3 is 5.32 Å². The first-order valence-corrected chi connectivity index (χ1v) is 8.74. The Labute approximate surface area is 134 Å². The Bertz CT molecular complexity index is 592. The van der Waals surface area contributed by atoms with Crippen molar-refractivity contribution in [1.82, 2.24) is 9.62 Å². The number of benzene rings is 1. The summed E-state index contributed by atoms with van der Waals surface area (Å²) in [6.45, 7) is 6.28. The van der Waals surface area contributed by atoms with Crippen LogP contribution in [-0.4, -0.2) is 38.8 Å². The van der Waals surface area contributed by atoms with Gasteiger partial charge in [0, 0.05) is 18.1 Å². The molecule has 5 nitrogen and oxygen atoms in total. The van der Waals surface area contributed by atoms with E-state index in [9.17, 15) is 13.2 Å². The highest BCUT2D eigenvalue weighted by Gasteiger charge is 2.23. The highest BCUT2D eigenvalue weighted by Crippen LogP contribution is 2.17. The van der Waals surface area contributed by atoms with Crippen molar-refractivity contribution in [2.45, 2.75) is 25.7 Å². The summed E-state index contributed by atoms with van der Waals surface area (Å²) in [4.78, 5) is 12.0. The van der Waals surface area contributed by atoms with Crippen LogP contribution in [0.2, 0.25) is 0 Å². The molecule has 0 aliphatic rings. The summed E-state index contributed by atoms with van der Waals surface area (Å²) in [5, 5.41) is 2.73. The van der Waals surface area contributed by atoms with E-state index in [1.165, 1.54) is 19.2 Å². The molecule has 0 spiro atoms. The maximum Gasteiger partial charge on any atom is 0.243 e. The van der Waals surface area contributed by atoms with Crippen LogP contribution >= 0.6 is 15.9 Å². The summed E-state index contributed by atoms with van der Waals surface area (Å²) in [5.74, 6) is -0.312. The third-order valence-electron chi connectivity index (χ3n) is 2.70. The van der Waals surface area contributed by atoms with Gasteiger partial charge in [0.2, 0.25) is 15.9 Å². The fourth-order valence-electron chi connectivity index (χ4n) is 1.49. The van der Waals surface area contributed by atoms with Crippen LogP contribution in [0.1, 0.15) is 20.8 Å². The molecule has 0 aliphatic heterocycles. The molecule has 0 aliphatic carbocycles. The van der Waals surface area contributed by atoms with Crippen molar-refractivity contribution in [3.8, 4) is 0 Å². The van der Waals surface area contributed by atoms with Crippen molar-refractivity contribution in [1.29, 1.82) is 0 Å². The van der Waals surface area contributed by atoms with E-state index in [-0.39, 0.29) is 22.8 Å². The van der Waals surface area contributed by atoms with Crippen LogP contribution in [0.15, 0.2) is 33.6 Å². The molecule has 21 heavy (non-hydrogen) atoms. The number of nitrogens with zero attached hydrogens (tertiary/aromatic N) is 1. The SMILES string of the molecule is CN(CC(=O)NCC(C)(C)C)S(=O)(=O)c1ccc(Br)cc1. The number of halogens is 1. The smallest absolute Gasteiger partial charge is 0.243 e. The van der Waals surface area contributed by atoms with Crippen molar-refractivity contribution in [3.63, 3.8) is 0 Å². The molecule has 118 valence electrons. The fourth-order valence-corrected chi connectivity index (χ4v) is 2.88. The molecule has 0 saturated heterocycles. The summed E-state index contributed by atoms with van der Waals surface area (Å²) in [5.41, 5.74) is -0.0428. The molecule has 0 fully saturated rings. The molecule has 7 heteroatoms. The molecule has 0 bridgehead atoms. The van der Waals surface area contributed by atoms with Crippen LogP contribution in [0.25, 0.3) is 0 Å². The minimum absolute atomic E-state index is 0.0428. The van der Waals surface area contributed by atoms with Gasteiger partial charge in [0.15, 0.2) is 0 Å². The number of carbonyl (C=O) groups excluding carboxylic acids is 1. The van der Waals surface area contributed by atoms with Gasteiger partial charge in [-0.3, -0.25) is 4.79 Å². The van der Waals surface area contributed by atoms with Crippen LogP contribution in [0.3, 0.4) is 0 Å². The van der Waals surface area contributed by atoms with Crippen LogP contribution in [0.5, 0.6) is 0 Å². The van der Waals surface area contributed by atoms with Gasteiger partial charge in [0.25, 0.3) is 0 Å².